The van der Waals surface area contributed by atoms with Crippen molar-refractivity contribution in [2.75, 3.05) is 13.6 Å². The molecule has 0 bridgehead atoms. The molecule has 0 saturated heterocycles. The minimum absolute atomic E-state index is 0.0873. The maximum atomic E-state index is 11.6. The van der Waals surface area contributed by atoms with Crippen molar-refractivity contribution in [1.82, 2.24) is 4.90 Å². The Morgan fingerprint density at radius 3 is 2.61 bits per heavy atom. The average Bonchev–Trinajstić information content (AvgIpc) is 2.34. The molecule has 0 aliphatic rings. The maximum absolute atomic E-state index is 11.6. The molecule has 0 atom stereocenters. The van der Waals surface area contributed by atoms with E-state index in [1.165, 1.54) is 11.9 Å². The molecule has 0 heterocycles. The van der Waals surface area contributed by atoms with E-state index in [1.807, 2.05) is 31.2 Å². The van der Waals surface area contributed by atoms with E-state index < -0.39 is 12.1 Å². The van der Waals surface area contributed by atoms with Crippen molar-refractivity contribution in [3.05, 3.63) is 35.4 Å². The number of hydrogen-bond acceptors (Lipinski definition) is 3. The van der Waals surface area contributed by atoms with Crippen molar-refractivity contribution >= 4 is 12.1 Å². The highest BCUT2D eigenvalue weighted by molar-refractivity contribution is 5.70. The minimum atomic E-state index is -0.937. The van der Waals surface area contributed by atoms with Gasteiger partial charge in [0.2, 0.25) is 0 Å². The average molecular weight is 251 g/mol. The van der Waals surface area contributed by atoms with Crippen LogP contribution in [-0.2, 0) is 16.1 Å². The highest BCUT2D eigenvalue weighted by Crippen LogP contribution is 2.09. The van der Waals surface area contributed by atoms with Crippen molar-refractivity contribution in [2.24, 2.45) is 0 Å². The van der Waals surface area contributed by atoms with E-state index in [9.17, 15) is 9.59 Å². The number of benzene rings is 1. The molecule has 1 amide bonds. The van der Waals surface area contributed by atoms with Crippen LogP contribution in [0.15, 0.2) is 24.3 Å². The Morgan fingerprint density at radius 1 is 1.33 bits per heavy atom. The van der Waals surface area contributed by atoms with Gasteiger partial charge in [-0.15, -0.1) is 0 Å². The smallest absolute Gasteiger partial charge is 0.409 e. The van der Waals surface area contributed by atoms with Gasteiger partial charge in [0.25, 0.3) is 0 Å². The summed E-state index contributed by atoms with van der Waals surface area (Å²) in [6.07, 6.45) is -0.602. The highest BCUT2D eigenvalue weighted by atomic mass is 16.6. The molecule has 0 fully saturated rings. The largest absolute Gasteiger partial charge is 0.481 e. The number of aryl methyl sites for hydroxylation is 1. The maximum Gasteiger partial charge on any atom is 0.409 e. The lowest BCUT2D eigenvalue weighted by atomic mass is 10.1. The van der Waals surface area contributed by atoms with Gasteiger partial charge in [0.15, 0.2) is 0 Å². The molecule has 5 heteroatoms. The fourth-order valence-electron chi connectivity index (χ4n) is 1.38. The Morgan fingerprint density at radius 2 is 2.00 bits per heavy atom. The van der Waals surface area contributed by atoms with Gasteiger partial charge in [-0.05, 0) is 18.1 Å². The molecule has 0 aliphatic heterocycles. The molecule has 0 spiro atoms. The molecule has 0 radical (unpaired) electrons. The number of rotatable bonds is 5. The number of carbonyl (C=O) groups is 2. The Bertz CT molecular complexity index is 431. The number of nitrogens with zero attached hydrogens (tertiary/aromatic N) is 1. The molecule has 0 unspecified atom stereocenters. The van der Waals surface area contributed by atoms with Crippen LogP contribution < -0.4 is 0 Å². The summed E-state index contributed by atoms with van der Waals surface area (Å²) in [6, 6.07) is 7.63. The quantitative estimate of drug-likeness (QED) is 0.869. The van der Waals surface area contributed by atoms with Gasteiger partial charge < -0.3 is 14.7 Å². The molecule has 5 nitrogen and oxygen atoms in total. The van der Waals surface area contributed by atoms with Crippen LogP contribution in [0.2, 0.25) is 0 Å². The van der Waals surface area contributed by atoms with Crippen LogP contribution >= 0.6 is 0 Å². The molecule has 0 saturated carbocycles. The second kappa shape index (κ2) is 6.64. The number of amides is 1. The fraction of sp³-hybridized carbons (Fsp3) is 0.385. The third-order valence-electron chi connectivity index (χ3n) is 2.59. The molecular weight excluding hydrogens is 234 g/mol. The van der Waals surface area contributed by atoms with E-state index in [-0.39, 0.29) is 19.6 Å². The third kappa shape index (κ3) is 4.45. The van der Waals surface area contributed by atoms with Gasteiger partial charge in [-0.25, -0.2) is 4.79 Å². The lowest BCUT2D eigenvalue weighted by Crippen LogP contribution is -2.29. The van der Waals surface area contributed by atoms with Crippen molar-refractivity contribution in [2.45, 2.75) is 20.0 Å². The van der Waals surface area contributed by atoms with Crippen LogP contribution in [0.1, 0.15) is 17.5 Å². The second-order valence-corrected chi connectivity index (χ2v) is 4.05. The zero-order chi connectivity index (χ0) is 13.5. The molecule has 1 aromatic rings. The SMILES string of the molecule is Cc1ccccc1COC(=O)N(C)CCC(=O)O. The van der Waals surface area contributed by atoms with Gasteiger partial charge in [-0.2, -0.15) is 0 Å². The van der Waals surface area contributed by atoms with Crippen LogP contribution in [-0.4, -0.2) is 35.7 Å². The van der Waals surface area contributed by atoms with E-state index in [1.54, 1.807) is 0 Å². The van der Waals surface area contributed by atoms with Gasteiger partial charge >= 0.3 is 12.1 Å². The summed E-state index contributed by atoms with van der Waals surface area (Å²) in [4.78, 5) is 23.2. The summed E-state index contributed by atoms with van der Waals surface area (Å²) < 4.78 is 5.10. The second-order valence-electron chi connectivity index (χ2n) is 4.05. The number of aliphatic carboxylic acids is 1. The number of carboxylic acids is 1. The predicted octanol–water partition coefficient (Wildman–Crippen LogP) is 2.04. The Kier molecular flexibility index (Phi) is 5.17. The zero-order valence-electron chi connectivity index (χ0n) is 10.5. The summed E-state index contributed by atoms with van der Waals surface area (Å²) in [6.45, 7) is 2.28. The lowest BCUT2D eigenvalue weighted by molar-refractivity contribution is -0.137. The Hall–Kier alpha value is -2.04. The molecule has 1 rings (SSSR count). The topological polar surface area (TPSA) is 66.8 Å². The lowest BCUT2D eigenvalue weighted by Gasteiger charge is -2.16. The zero-order valence-corrected chi connectivity index (χ0v) is 10.5. The van der Waals surface area contributed by atoms with E-state index in [2.05, 4.69) is 0 Å². The van der Waals surface area contributed by atoms with Gasteiger partial charge in [-0.3, -0.25) is 4.79 Å². The van der Waals surface area contributed by atoms with Crippen LogP contribution in [0.25, 0.3) is 0 Å². The first kappa shape index (κ1) is 14.0. The third-order valence-corrected chi connectivity index (χ3v) is 2.59. The van der Waals surface area contributed by atoms with E-state index in [4.69, 9.17) is 9.84 Å². The molecule has 18 heavy (non-hydrogen) atoms. The number of ether oxygens (including phenoxy) is 1. The summed E-state index contributed by atoms with van der Waals surface area (Å²) in [5.74, 6) is -0.937. The van der Waals surface area contributed by atoms with Crippen LogP contribution in [0.3, 0.4) is 0 Å². The molecule has 0 aliphatic carbocycles. The van der Waals surface area contributed by atoms with Crippen LogP contribution in [0.4, 0.5) is 4.79 Å². The molecular formula is C13H17NO4. The van der Waals surface area contributed by atoms with Crippen molar-refractivity contribution < 1.29 is 19.4 Å². The first-order chi connectivity index (χ1) is 8.50. The Labute approximate surface area is 106 Å². The first-order valence-corrected chi connectivity index (χ1v) is 5.65. The number of hydrogen-bond donors (Lipinski definition) is 1. The van der Waals surface area contributed by atoms with Gasteiger partial charge in [0.1, 0.15) is 6.61 Å². The normalized spacial score (nSPS) is 9.89. The van der Waals surface area contributed by atoms with Gasteiger partial charge in [0, 0.05) is 13.6 Å². The molecule has 1 N–H and O–H groups in total. The Balaban J connectivity index is 2.41. The van der Waals surface area contributed by atoms with Gasteiger partial charge in [-0.1, -0.05) is 24.3 Å². The number of carboxylic acid groups (broad SMARTS) is 1. The summed E-state index contributed by atoms with van der Waals surface area (Å²) in [5, 5.41) is 8.51. The summed E-state index contributed by atoms with van der Waals surface area (Å²) in [5.41, 5.74) is 2.00. The molecule has 98 valence electrons. The fourth-order valence-corrected chi connectivity index (χ4v) is 1.38. The highest BCUT2D eigenvalue weighted by Gasteiger charge is 2.11. The van der Waals surface area contributed by atoms with Crippen LogP contribution in [0.5, 0.6) is 0 Å². The molecule has 1 aromatic carbocycles. The van der Waals surface area contributed by atoms with E-state index in [0.29, 0.717) is 0 Å². The van der Waals surface area contributed by atoms with Gasteiger partial charge in [0.05, 0.1) is 6.42 Å². The minimum Gasteiger partial charge on any atom is -0.481 e. The summed E-state index contributed by atoms with van der Waals surface area (Å²) >= 11 is 0. The van der Waals surface area contributed by atoms with Crippen LogP contribution in [0, 0.1) is 6.92 Å². The number of carbonyl (C=O) groups excluding carboxylic acids is 1. The van der Waals surface area contributed by atoms with Crippen molar-refractivity contribution in [3.63, 3.8) is 0 Å². The van der Waals surface area contributed by atoms with E-state index in [0.717, 1.165) is 11.1 Å². The van der Waals surface area contributed by atoms with E-state index >= 15 is 0 Å². The monoisotopic (exact) mass is 251 g/mol. The van der Waals surface area contributed by atoms with Crippen molar-refractivity contribution in [1.29, 1.82) is 0 Å². The van der Waals surface area contributed by atoms with Crippen molar-refractivity contribution in [3.8, 4) is 0 Å². The predicted molar refractivity (Wildman–Crippen MR) is 66.2 cm³/mol. The molecule has 0 aromatic heterocycles. The first-order valence-electron chi connectivity index (χ1n) is 5.65. The summed E-state index contributed by atoms with van der Waals surface area (Å²) in [7, 11) is 1.52. The standard InChI is InChI=1S/C13H17NO4/c1-10-5-3-4-6-11(10)9-18-13(17)14(2)8-7-12(15)16/h3-6H,7-9H2,1-2H3,(H,15,16).